The normalized spacial score (nSPS) is 11.7. The van der Waals surface area contributed by atoms with Crippen LogP contribution in [0.2, 0.25) is 5.15 Å². The molecule has 0 aliphatic heterocycles. The van der Waals surface area contributed by atoms with Gasteiger partial charge in [-0.05, 0) is 17.9 Å². The molecule has 0 radical (unpaired) electrons. The summed E-state index contributed by atoms with van der Waals surface area (Å²) in [5.74, 6) is 0.677. The topological polar surface area (TPSA) is 78.4 Å². The number of halogens is 1. The molecule has 1 heterocycles. The molecule has 6 nitrogen and oxygen atoms in total. The van der Waals surface area contributed by atoms with E-state index in [0.29, 0.717) is 30.5 Å². The Balaban J connectivity index is 2.25. The minimum Gasteiger partial charge on any atom is -0.471 e. The number of benzene rings is 1. The van der Waals surface area contributed by atoms with Crippen molar-refractivity contribution in [2.45, 2.75) is 33.5 Å². The lowest BCUT2D eigenvalue weighted by molar-refractivity contribution is 0.276. The second-order valence-corrected chi connectivity index (χ2v) is 8.05. The lowest BCUT2D eigenvalue weighted by Crippen LogP contribution is -2.10. The smallest absolute Gasteiger partial charge is 0.264 e. The van der Waals surface area contributed by atoms with E-state index in [1.165, 1.54) is 0 Å². The summed E-state index contributed by atoms with van der Waals surface area (Å²) in [6.07, 6.45) is 1.61. The van der Waals surface area contributed by atoms with Gasteiger partial charge < -0.3 is 4.74 Å². The fraction of sp³-hybridized carbons (Fsp3) is 0.412. The van der Waals surface area contributed by atoms with Crippen molar-refractivity contribution in [3.8, 4) is 5.88 Å². The first kappa shape index (κ1) is 19.6. The molecular weight excluding hydrogens is 364 g/mol. The molecule has 0 aliphatic rings. The van der Waals surface area contributed by atoms with E-state index in [-0.39, 0.29) is 17.5 Å². The average molecular weight is 385 g/mol. The van der Waals surface area contributed by atoms with Gasteiger partial charge >= 0.3 is 0 Å². The molecule has 1 aromatic heterocycles. The van der Waals surface area contributed by atoms with Gasteiger partial charge in [0.2, 0.25) is 5.88 Å². The van der Waals surface area contributed by atoms with Crippen molar-refractivity contribution >= 4 is 21.7 Å². The van der Waals surface area contributed by atoms with Crippen LogP contribution in [0.3, 0.4) is 0 Å². The van der Waals surface area contributed by atoms with Gasteiger partial charge in [-0.3, -0.25) is 4.18 Å². The maximum absolute atomic E-state index is 11.2. The fourth-order valence-electron chi connectivity index (χ4n) is 2.08. The first-order valence-electron chi connectivity index (χ1n) is 7.81. The summed E-state index contributed by atoms with van der Waals surface area (Å²) in [4.78, 5) is 8.67. The molecule has 0 spiro atoms. The molecule has 0 N–H and O–H groups in total. The van der Waals surface area contributed by atoms with Crippen molar-refractivity contribution in [1.82, 2.24) is 9.97 Å². The van der Waals surface area contributed by atoms with Gasteiger partial charge in [-0.15, -0.1) is 0 Å². The highest BCUT2D eigenvalue weighted by Crippen LogP contribution is 2.24. The molecule has 0 aliphatic carbocycles. The first-order valence-corrected chi connectivity index (χ1v) is 10.0. The lowest BCUT2D eigenvalue weighted by Gasteiger charge is -2.14. The number of hydrogen-bond donors (Lipinski definition) is 0. The van der Waals surface area contributed by atoms with Gasteiger partial charge in [0, 0.05) is 0 Å². The van der Waals surface area contributed by atoms with Crippen LogP contribution in [0, 0.1) is 5.92 Å². The molecular formula is C17H21ClN2O4S. The monoisotopic (exact) mass is 384 g/mol. The minimum atomic E-state index is -3.60. The number of hydrogen-bond acceptors (Lipinski definition) is 6. The second-order valence-electron chi connectivity index (χ2n) is 6.05. The summed E-state index contributed by atoms with van der Waals surface area (Å²) in [6, 6.07) is 9.66. The van der Waals surface area contributed by atoms with Crippen LogP contribution in [0.5, 0.6) is 5.88 Å². The predicted molar refractivity (Wildman–Crippen MR) is 96.0 cm³/mol. The molecule has 136 valence electrons. The predicted octanol–water partition coefficient (Wildman–Crippen LogP) is 3.38. The zero-order valence-corrected chi connectivity index (χ0v) is 16.0. The first-order chi connectivity index (χ1) is 11.7. The Kier molecular flexibility index (Phi) is 6.75. The highest BCUT2D eigenvalue weighted by molar-refractivity contribution is 7.85. The van der Waals surface area contributed by atoms with E-state index >= 15 is 0 Å². The van der Waals surface area contributed by atoms with Gasteiger partial charge in [0.05, 0.1) is 6.26 Å². The molecule has 25 heavy (non-hydrogen) atoms. The summed E-state index contributed by atoms with van der Waals surface area (Å²) in [5, 5.41) is 0.117. The quantitative estimate of drug-likeness (QED) is 0.649. The Morgan fingerprint density at radius 1 is 1.08 bits per heavy atom. The summed E-state index contributed by atoms with van der Waals surface area (Å²) >= 11 is 6.13. The molecule has 0 bridgehead atoms. The van der Waals surface area contributed by atoms with Crippen molar-refractivity contribution < 1.29 is 17.3 Å². The molecule has 0 saturated heterocycles. The Morgan fingerprint density at radius 2 is 1.76 bits per heavy atom. The summed E-state index contributed by atoms with van der Waals surface area (Å²) < 4.78 is 32.9. The lowest BCUT2D eigenvalue weighted by atomic mass is 10.1. The van der Waals surface area contributed by atoms with E-state index in [1.807, 2.05) is 30.3 Å². The van der Waals surface area contributed by atoms with Gasteiger partial charge in [0.25, 0.3) is 10.1 Å². The van der Waals surface area contributed by atoms with Gasteiger partial charge in [0.15, 0.2) is 5.15 Å². The van der Waals surface area contributed by atoms with Crippen LogP contribution in [0.15, 0.2) is 30.3 Å². The molecule has 1 aromatic carbocycles. The molecule has 8 heteroatoms. The molecule has 0 saturated carbocycles. The highest BCUT2D eigenvalue weighted by atomic mass is 35.5. The zero-order chi connectivity index (χ0) is 18.4. The largest absolute Gasteiger partial charge is 0.471 e. The third-order valence-electron chi connectivity index (χ3n) is 3.18. The Bertz CT molecular complexity index is 811. The van der Waals surface area contributed by atoms with E-state index in [9.17, 15) is 8.42 Å². The van der Waals surface area contributed by atoms with E-state index in [4.69, 9.17) is 20.5 Å². The third-order valence-corrected chi connectivity index (χ3v) is 4.03. The van der Waals surface area contributed by atoms with E-state index in [1.54, 1.807) is 0 Å². The van der Waals surface area contributed by atoms with Crippen molar-refractivity contribution in [3.63, 3.8) is 0 Å². The molecule has 0 amide bonds. The summed E-state index contributed by atoms with van der Waals surface area (Å²) in [6.45, 7) is 4.15. The van der Waals surface area contributed by atoms with Crippen molar-refractivity contribution in [1.29, 1.82) is 0 Å². The summed E-state index contributed by atoms with van der Waals surface area (Å²) in [7, 11) is -3.60. The molecule has 0 atom stereocenters. The van der Waals surface area contributed by atoms with E-state index < -0.39 is 10.1 Å². The third kappa shape index (κ3) is 6.61. The molecule has 2 aromatic rings. The molecule has 0 unspecified atom stereocenters. The van der Waals surface area contributed by atoms with Crippen LogP contribution in [0.1, 0.15) is 30.8 Å². The summed E-state index contributed by atoms with van der Waals surface area (Å²) in [5.41, 5.74) is 1.85. The van der Waals surface area contributed by atoms with Crippen LogP contribution in [0.25, 0.3) is 0 Å². The van der Waals surface area contributed by atoms with Gasteiger partial charge in [0.1, 0.15) is 24.6 Å². The Hall–Kier alpha value is -1.70. The number of aromatic nitrogens is 2. The number of nitrogens with zero attached hydrogens (tertiary/aromatic N) is 2. The van der Waals surface area contributed by atoms with Crippen LogP contribution in [-0.2, 0) is 33.9 Å². The minimum absolute atomic E-state index is 0.117. The number of rotatable bonds is 8. The SMILES string of the molecule is CC(C)Cc1nc(Cl)c(COS(C)(=O)=O)nc1OCc1ccccc1. The average Bonchev–Trinajstić information content (AvgIpc) is 2.52. The Morgan fingerprint density at radius 3 is 2.36 bits per heavy atom. The van der Waals surface area contributed by atoms with E-state index in [2.05, 4.69) is 23.8 Å². The van der Waals surface area contributed by atoms with Gasteiger partial charge in [-0.25, -0.2) is 9.97 Å². The van der Waals surface area contributed by atoms with E-state index in [0.717, 1.165) is 11.8 Å². The fourth-order valence-corrected chi connectivity index (χ4v) is 2.60. The van der Waals surface area contributed by atoms with Crippen molar-refractivity contribution in [2.24, 2.45) is 5.92 Å². The van der Waals surface area contributed by atoms with Crippen LogP contribution in [-0.4, -0.2) is 24.6 Å². The van der Waals surface area contributed by atoms with Gasteiger partial charge in [-0.1, -0.05) is 55.8 Å². The second kappa shape index (κ2) is 8.60. The van der Waals surface area contributed by atoms with Crippen molar-refractivity contribution in [3.05, 3.63) is 52.4 Å². The zero-order valence-electron chi connectivity index (χ0n) is 14.4. The maximum Gasteiger partial charge on any atom is 0.264 e. The highest BCUT2D eigenvalue weighted by Gasteiger charge is 2.17. The van der Waals surface area contributed by atoms with Crippen LogP contribution in [0.4, 0.5) is 0 Å². The van der Waals surface area contributed by atoms with Crippen LogP contribution >= 0.6 is 11.6 Å². The standard InChI is InChI=1S/C17H21ClN2O4S/c1-12(2)9-14-17(23-10-13-7-5-4-6-8-13)20-15(16(18)19-14)11-24-25(3,21)22/h4-8,12H,9-11H2,1-3H3. The Labute approximate surface area is 153 Å². The maximum atomic E-state index is 11.2. The number of ether oxygens (including phenoxy) is 1. The van der Waals surface area contributed by atoms with Crippen LogP contribution < -0.4 is 4.74 Å². The molecule has 0 fully saturated rings. The molecule has 2 rings (SSSR count). The van der Waals surface area contributed by atoms with Gasteiger partial charge in [-0.2, -0.15) is 8.42 Å². The van der Waals surface area contributed by atoms with Crippen molar-refractivity contribution in [2.75, 3.05) is 6.26 Å².